The predicted molar refractivity (Wildman–Crippen MR) is 73.9 cm³/mol. The van der Waals surface area contributed by atoms with Gasteiger partial charge in [-0.25, -0.2) is 9.97 Å². The number of hydrogen-bond donors (Lipinski definition) is 1. The van der Waals surface area contributed by atoms with Crippen LogP contribution in [0, 0.1) is 5.92 Å². The van der Waals surface area contributed by atoms with Gasteiger partial charge in [-0.05, 0) is 25.8 Å². The van der Waals surface area contributed by atoms with Crippen LogP contribution in [-0.4, -0.2) is 36.2 Å². The molecule has 1 unspecified atom stereocenters. The van der Waals surface area contributed by atoms with E-state index in [9.17, 15) is 0 Å². The first-order valence-corrected chi connectivity index (χ1v) is 6.61. The molecule has 0 aromatic carbocycles. The molecule has 5 nitrogen and oxygen atoms in total. The highest BCUT2D eigenvalue weighted by Crippen LogP contribution is 2.16. The molecule has 1 atom stereocenters. The zero-order valence-corrected chi connectivity index (χ0v) is 11.6. The molecule has 0 saturated carbocycles. The van der Waals surface area contributed by atoms with E-state index in [1.54, 1.807) is 6.33 Å². The van der Waals surface area contributed by atoms with Gasteiger partial charge in [-0.3, -0.25) is 0 Å². The van der Waals surface area contributed by atoms with E-state index in [4.69, 9.17) is 10.5 Å². The van der Waals surface area contributed by atoms with Crippen molar-refractivity contribution in [3.8, 4) is 5.88 Å². The number of nitrogens with zero attached hydrogens (tertiary/aromatic N) is 3. The molecule has 0 spiro atoms. The minimum absolute atomic E-state index is 0.444. The molecule has 1 rings (SSSR count). The lowest BCUT2D eigenvalue weighted by atomic mass is 10.1. The van der Waals surface area contributed by atoms with Crippen LogP contribution in [0.25, 0.3) is 0 Å². The summed E-state index contributed by atoms with van der Waals surface area (Å²) in [5, 5.41) is 0. The smallest absolute Gasteiger partial charge is 0.218 e. The van der Waals surface area contributed by atoms with E-state index in [-0.39, 0.29) is 0 Å². The number of nitrogens with two attached hydrogens (primary N) is 1. The minimum Gasteiger partial charge on any atom is -0.478 e. The average molecular weight is 252 g/mol. The molecule has 0 bridgehead atoms. The first-order valence-electron chi connectivity index (χ1n) is 6.61. The Hall–Kier alpha value is -1.36. The van der Waals surface area contributed by atoms with Gasteiger partial charge in [0.1, 0.15) is 12.1 Å². The minimum atomic E-state index is 0.444. The van der Waals surface area contributed by atoms with Crippen molar-refractivity contribution in [3.63, 3.8) is 0 Å². The van der Waals surface area contributed by atoms with Gasteiger partial charge in [0.25, 0.3) is 0 Å². The monoisotopic (exact) mass is 252 g/mol. The summed E-state index contributed by atoms with van der Waals surface area (Å²) in [7, 11) is 0. The van der Waals surface area contributed by atoms with Gasteiger partial charge in [0.2, 0.25) is 5.88 Å². The number of anilines is 1. The summed E-state index contributed by atoms with van der Waals surface area (Å²) in [6.45, 7) is 9.48. The van der Waals surface area contributed by atoms with E-state index < -0.39 is 0 Å². The van der Waals surface area contributed by atoms with Crippen LogP contribution in [0.4, 0.5) is 5.82 Å². The van der Waals surface area contributed by atoms with Crippen molar-refractivity contribution < 1.29 is 4.74 Å². The maximum atomic E-state index is 5.66. The van der Waals surface area contributed by atoms with Crippen LogP contribution in [0.1, 0.15) is 27.2 Å². The van der Waals surface area contributed by atoms with E-state index in [0.29, 0.717) is 24.9 Å². The molecular formula is C13H24N4O. The maximum Gasteiger partial charge on any atom is 0.218 e. The van der Waals surface area contributed by atoms with E-state index in [2.05, 4.69) is 35.6 Å². The standard InChI is InChI=1S/C13H24N4O/c1-4-6-18-13-7-12(15-10-16-13)17(5-2)9-11(3)8-14/h7,10-11H,4-6,8-9,14H2,1-3H3. The molecule has 0 fully saturated rings. The third-order valence-electron chi connectivity index (χ3n) is 2.72. The number of rotatable bonds is 8. The van der Waals surface area contributed by atoms with Gasteiger partial charge in [-0.15, -0.1) is 0 Å². The first kappa shape index (κ1) is 14.7. The second kappa shape index (κ2) is 7.87. The van der Waals surface area contributed by atoms with Crippen LogP contribution in [0.5, 0.6) is 5.88 Å². The van der Waals surface area contributed by atoms with Gasteiger partial charge in [-0.2, -0.15) is 0 Å². The molecule has 2 N–H and O–H groups in total. The number of ether oxygens (including phenoxy) is 1. The van der Waals surface area contributed by atoms with Crippen molar-refractivity contribution in [1.82, 2.24) is 9.97 Å². The summed E-state index contributed by atoms with van der Waals surface area (Å²) in [6, 6.07) is 1.89. The second-order valence-corrected chi connectivity index (χ2v) is 4.44. The Morgan fingerprint density at radius 1 is 1.39 bits per heavy atom. The highest BCUT2D eigenvalue weighted by Gasteiger charge is 2.11. The Balaban J connectivity index is 2.72. The Bertz CT molecular complexity index is 346. The highest BCUT2D eigenvalue weighted by atomic mass is 16.5. The summed E-state index contributed by atoms with van der Waals surface area (Å²) in [4.78, 5) is 10.6. The lowest BCUT2D eigenvalue weighted by molar-refractivity contribution is 0.304. The van der Waals surface area contributed by atoms with Gasteiger partial charge < -0.3 is 15.4 Å². The summed E-state index contributed by atoms with van der Waals surface area (Å²) < 4.78 is 5.52. The molecule has 1 heterocycles. The van der Waals surface area contributed by atoms with Crippen LogP contribution in [0.3, 0.4) is 0 Å². The van der Waals surface area contributed by atoms with Gasteiger partial charge in [0, 0.05) is 19.2 Å². The summed E-state index contributed by atoms with van der Waals surface area (Å²) >= 11 is 0. The fraction of sp³-hybridized carbons (Fsp3) is 0.692. The van der Waals surface area contributed by atoms with Gasteiger partial charge >= 0.3 is 0 Å². The molecule has 0 aliphatic heterocycles. The quantitative estimate of drug-likeness (QED) is 0.762. The molecule has 5 heteroatoms. The maximum absolute atomic E-state index is 5.66. The van der Waals surface area contributed by atoms with Crippen LogP contribution in [-0.2, 0) is 0 Å². The van der Waals surface area contributed by atoms with E-state index in [1.165, 1.54) is 0 Å². The zero-order valence-electron chi connectivity index (χ0n) is 11.6. The van der Waals surface area contributed by atoms with E-state index >= 15 is 0 Å². The van der Waals surface area contributed by atoms with E-state index in [1.807, 2.05) is 6.07 Å². The van der Waals surface area contributed by atoms with Crippen LogP contribution >= 0.6 is 0 Å². The molecule has 1 aromatic rings. The topological polar surface area (TPSA) is 64.3 Å². The predicted octanol–water partition coefficient (Wildman–Crippen LogP) is 1.69. The molecule has 0 amide bonds. The van der Waals surface area contributed by atoms with Crippen molar-refractivity contribution in [1.29, 1.82) is 0 Å². The van der Waals surface area contributed by atoms with Crippen molar-refractivity contribution in [2.45, 2.75) is 27.2 Å². The third kappa shape index (κ3) is 4.49. The normalized spacial score (nSPS) is 12.2. The lowest BCUT2D eigenvalue weighted by Crippen LogP contribution is -2.32. The second-order valence-electron chi connectivity index (χ2n) is 4.44. The average Bonchev–Trinajstić information content (AvgIpc) is 2.42. The SMILES string of the molecule is CCCOc1cc(N(CC)CC(C)CN)ncn1. The fourth-order valence-electron chi connectivity index (χ4n) is 1.62. The summed E-state index contributed by atoms with van der Waals surface area (Å²) in [5.74, 6) is 1.99. The highest BCUT2D eigenvalue weighted by molar-refractivity contribution is 5.40. The van der Waals surface area contributed by atoms with Crippen LogP contribution < -0.4 is 15.4 Å². The number of hydrogen-bond acceptors (Lipinski definition) is 5. The fourth-order valence-corrected chi connectivity index (χ4v) is 1.62. The molecule has 1 aromatic heterocycles. The Labute approximate surface area is 109 Å². The van der Waals surface area contributed by atoms with Crippen molar-refractivity contribution in [3.05, 3.63) is 12.4 Å². The van der Waals surface area contributed by atoms with Crippen LogP contribution in [0.2, 0.25) is 0 Å². The third-order valence-corrected chi connectivity index (χ3v) is 2.72. The molecule has 0 aliphatic rings. The van der Waals surface area contributed by atoms with Gasteiger partial charge in [0.15, 0.2) is 0 Å². The van der Waals surface area contributed by atoms with Gasteiger partial charge in [0.05, 0.1) is 6.61 Å². The van der Waals surface area contributed by atoms with E-state index in [0.717, 1.165) is 25.3 Å². The largest absolute Gasteiger partial charge is 0.478 e. The number of aromatic nitrogens is 2. The Morgan fingerprint density at radius 2 is 2.17 bits per heavy atom. The molecule has 0 aliphatic carbocycles. The molecule has 102 valence electrons. The summed E-state index contributed by atoms with van der Waals surface area (Å²) in [6.07, 6.45) is 2.52. The van der Waals surface area contributed by atoms with Crippen molar-refractivity contribution in [2.24, 2.45) is 11.7 Å². The lowest BCUT2D eigenvalue weighted by Gasteiger charge is -2.25. The van der Waals surface area contributed by atoms with Crippen molar-refractivity contribution in [2.75, 3.05) is 31.1 Å². The zero-order chi connectivity index (χ0) is 13.4. The van der Waals surface area contributed by atoms with Crippen molar-refractivity contribution >= 4 is 5.82 Å². The molecular weight excluding hydrogens is 228 g/mol. The molecule has 18 heavy (non-hydrogen) atoms. The Morgan fingerprint density at radius 3 is 2.78 bits per heavy atom. The molecule has 0 radical (unpaired) electrons. The first-order chi connectivity index (χ1) is 8.71. The van der Waals surface area contributed by atoms with Gasteiger partial charge in [-0.1, -0.05) is 13.8 Å². The Kier molecular flexibility index (Phi) is 6.43. The summed E-state index contributed by atoms with van der Waals surface area (Å²) in [5.41, 5.74) is 5.66. The molecule has 0 saturated heterocycles. The van der Waals surface area contributed by atoms with Crippen LogP contribution in [0.15, 0.2) is 12.4 Å².